The molecule has 0 bridgehead atoms. The second kappa shape index (κ2) is 9.21. The fraction of sp³-hybridized carbons (Fsp3) is 0.192. The van der Waals surface area contributed by atoms with Gasteiger partial charge in [-0.1, -0.05) is 0 Å². The highest BCUT2D eigenvalue weighted by Gasteiger charge is 2.26. The highest BCUT2D eigenvalue weighted by atomic mass is 19.1. The largest absolute Gasteiger partial charge is 0.383 e. The highest BCUT2D eigenvalue weighted by Crippen LogP contribution is 2.29. The van der Waals surface area contributed by atoms with Crippen LogP contribution in [-0.2, 0) is 25.4 Å². The fourth-order valence-corrected chi connectivity index (χ4v) is 4.36. The lowest BCUT2D eigenvalue weighted by molar-refractivity contribution is -0.140. The fourth-order valence-electron chi connectivity index (χ4n) is 4.36. The molecular weight excluding hydrogens is 494 g/mol. The summed E-state index contributed by atoms with van der Waals surface area (Å²) in [5.41, 5.74) is 7.95. The van der Waals surface area contributed by atoms with Crippen molar-refractivity contribution in [1.82, 2.24) is 34.6 Å². The third-order valence-electron chi connectivity index (χ3n) is 6.49. The summed E-state index contributed by atoms with van der Waals surface area (Å²) in [5.74, 6) is -2.53. The van der Waals surface area contributed by atoms with Gasteiger partial charge in [0.15, 0.2) is 0 Å². The summed E-state index contributed by atoms with van der Waals surface area (Å²) in [7, 11) is 4.80. The van der Waals surface area contributed by atoms with Crippen molar-refractivity contribution in [1.29, 1.82) is 0 Å². The Balaban J connectivity index is 1.56. The van der Waals surface area contributed by atoms with Crippen molar-refractivity contribution in [2.45, 2.75) is 13.5 Å². The number of nitrogens with zero attached hydrogens (tertiary/aromatic N) is 7. The second-order valence-electron chi connectivity index (χ2n) is 8.99. The summed E-state index contributed by atoms with van der Waals surface area (Å²) in [4.78, 5) is 30.3. The maximum absolute atomic E-state index is 15.2. The lowest BCUT2D eigenvalue weighted by Gasteiger charge is -2.31. The number of aromatic nitrogens is 5. The monoisotopic (exact) mass is 518 g/mol. The van der Waals surface area contributed by atoms with E-state index in [2.05, 4.69) is 15.2 Å². The van der Waals surface area contributed by atoms with Crippen LogP contribution >= 0.6 is 0 Å². The van der Waals surface area contributed by atoms with Gasteiger partial charge >= 0.3 is 0 Å². The minimum Gasteiger partial charge on any atom is -0.383 e. The molecule has 0 fully saturated rings. The van der Waals surface area contributed by atoms with E-state index >= 15 is 8.78 Å². The third-order valence-corrected chi connectivity index (χ3v) is 6.49. The van der Waals surface area contributed by atoms with Crippen LogP contribution in [0.15, 0.2) is 48.9 Å². The quantitative estimate of drug-likeness (QED) is 0.365. The Hall–Kier alpha value is -4.87. The Labute approximate surface area is 215 Å². The summed E-state index contributed by atoms with van der Waals surface area (Å²) in [6, 6.07) is 7.11. The van der Waals surface area contributed by atoms with E-state index in [9.17, 15) is 9.59 Å². The zero-order valence-electron chi connectivity index (χ0n) is 21.1. The molecule has 0 radical (unpaired) electrons. The second-order valence-corrected chi connectivity index (χ2v) is 8.99. The zero-order valence-corrected chi connectivity index (χ0v) is 21.1. The number of carbonyl (C=O) groups excluding carboxylic acids is 2. The molecule has 3 heterocycles. The van der Waals surface area contributed by atoms with Crippen LogP contribution in [0.25, 0.3) is 32.9 Å². The van der Waals surface area contributed by atoms with Crippen molar-refractivity contribution in [3.05, 3.63) is 71.7 Å². The van der Waals surface area contributed by atoms with Crippen LogP contribution in [0.1, 0.15) is 22.8 Å². The molecule has 10 nitrogen and oxygen atoms in total. The van der Waals surface area contributed by atoms with E-state index in [0.29, 0.717) is 38.8 Å². The summed E-state index contributed by atoms with van der Waals surface area (Å²) >= 11 is 0. The topological polar surface area (TPSA) is 115 Å². The summed E-state index contributed by atoms with van der Waals surface area (Å²) in [6.45, 7) is 0.740. The number of hydrogen-bond donors (Lipinski definition) is 1. The number of aryl methyl sites for hydroxylation is 2. The molecule has 0 aliphatic carbocycles. The third kappa shape index (κ3) is 4.19. The number of nitrogen functional groups attached to an aromatic ring is 1. The van der Waals surface area contributed by atoms with Gasteiger partial charge in [-0.25, -0.2) is 18.8 Å². The van der Waals surface area contributed by atoms with Gasteiger partial charge in [-0.2, -0.15) is 10.2 Å². The predicted molar refractivity (Wildman–Crippen MR) is 137 cm³/mol. The maximum atomic E-state index is 15.2. The Kier molecular flexibility index (Phi) is 6.02. The number of halogens is 2. The molecule has 5 rings (SSSR count). The normalized spacial score (nSPS) is 11.3. The van der Waals surface area contributed by atoms with Gasteiger partial charge in [0.1, 0.15) is 17.5 Å². The lowest BCUT2D eigenvalue weighted by atomic mass is 10.0. The first-order chi connectivity index (χ1) is 18.0. The van der Waals surface area contributed by atoms with E-state index in [0.717, 1.165) is 10.0 Å². The number of anilines is 1. The van der Waals surface area contributed by atoms with Crippen LogP contribution in [0.4, 0.5) is 14.6 Å². The van der Waals surface area contributed by atoms with E-state index in [1.807, 2.05) is 0 Å². The molecule has 0 saturated carbocycles. The predicted octanol–water partition coefficient (Wildman–Crippen LogP) is 3.42. The molecule has 0 aliphatic heterocycles. The molecule has 0 spiro atoms. The average molecular weight is 519 g/mol. The molecule has 0 unspecified atom stereocenters. The van der Waals surface area contributed by atoms with E-state index in [4.69, 9.17) is 5.73 Å². The van der Waals surface area contributed by atoms with Gasteiger partial charge in [0.25, 0.3) is 5.91 Å². The maximum Gasteiger partial charge on any atom is 0.272 e. The van der Waals surface area contributed by atoms with Crippen molar-refractivity contribution in [3.8, 4) is 11.1 Å². The molecular formula is C26H24F2N8O2. The van der Waals surface area contributed by atoms with Crippen molar-refractivity contribution >= 4 is 39.4 Å². The summed E-state index contributed by atoms with van der Waals surface area (Å²) in [5, 5.41) is 11.5. The zero-order chi connectivity index (χ0) is 27.3. The number of benzene rings is 2. The molecule has 38 heavy (non-hydrogen) atoms. The Bertz CT molecular complexity index is 1720. The van der Waals surface area contributed by atoms with Crippen LogP contribution in [0.5, 0.6) is 0 Å². The number of amides is 2. The molecule has 0 saturated heterocycles. The Morgan fingerprint density at radius 1 is 1.00 bits per heavy atom. The van der Waals surface area contributed by atoms with Gasteiger partial charge in [0, 0.05) is 56.3 Å². The molecule has 2 aromatic carbocycles. The van der Waals surface area contributed by atoms with E-state index in [1.54, 1.807) is 43.3 Å². The molecule has 0 atom stereocenters. The molecule has 12 heteroatoms. The van der Waals surface area contributed by atoms with Crippen LogP contribution < -0.4 is 5.73 Å². The highest BCUT2D eigenvalue weighted by molar-refractivity contribution is 6.10. The number of carbonyl (C=O) groups is 2. The average Bonchev–Trinajstić information content (AvgIpc) is 3.49. The Morgan fingerprint density at radius 3 is 2.34 bits per heavy atom. The molecule has 2 amide bonds. The molecule has 0 aliphatic rings. The molecule has 5 aromatic rings. The van der Waals surface area contributed by atoms with E-state index in [1.165, 1.54) is 43.0 Å². The minimum atomic E-state index is -0.853. The number of rotatable bonds is 4. The van der Waals surface area contributed by atoms with Gasteiger partial charge in [-0.05, 0) is 35.9 Å². The van der Waals surface area contributed by atoms with E-state index in [-0.39, 0.29) is 11.1 Å². The first kappa shape index (κ1) is 24.8. The molecule has 2 N–H and O–H groups in total. The lowest BCUT2D eigenvalue weighted by Crippen LogP contribution is -2.46. The minimum absolute atomic E-state index is 0.187. The van der Waals surface area contributed by atoms with Crippen LogP contribution in [0.3, 0.4) is 0 Å². The summed E-state index contributed by atoms with van der Waals surface area (Å²) in [6.07, 6.45) is 4.71. The first-order valence-electron chi connectivity index (χ1n) is 11.6. The number of hydrogen-bond acceptors (Lipinski definition) is 6. The smallest absolute Gasteiger partial charge is 0.272 e. The van der Waals surface area contributed by atoms with Gasteiger partial charge in [0.2, 0.25) is 5.91 Å². The van der Waals surface area contributed by atoms with Gasteiger partial charge in [-0.3, -0.25) is 24.0 Å². The number of hydrazine groups is 1. The van der Waals surface area contributed by atoms with Crippen molar-refractivity contribution in [2.75, 3.05) is 12.8 Å². The van der Waals surface area contributed by atoms with Gasteiger partial charge < -0.3 is 5.73 Å². The van der Waals surface area contributed by atoms with Crippen molar-refractivity contribution in [2.24, 2.45) is 14.1 Å². The van der Waals surface area contributed by atoms with Crippen LogP contribution in [-0.4, -0.2) is 53.4 Å². The molecule has 3 aromatic heterocycles. The Morgan fingerprint density at radius 2 is 1.71 bits per heavy atom. The van der Waals surface area contributed by atoms with Crippen molar-refractivity contribution in [3.63, 3.8) is 0 Å². The van der Waals surface area contributed by atoms with Crippen molar-refractivity contribution < 1.29 is 18.4 Å². The van der Waals surface area contributed by atoms with Gasteiger partial charge in [-0.15, -0.1) is 0 Å². The van der Waals surface area contributed by atoms with Crippen LogP contribution in [0.2, 0.25) is 0 Å². The summed E-state index contributed by atoms with van der Waals surface area (Å²) < 4.78 is 33.5. The SMILES string of the molecule is CC(=O)N(C)N(Cc1c(F)cc(-c2cnn(C)c2)cc1F)C(=O)c1ccc2nc(N)c3cnn(C)c3c2c1. The van der Waals surface area contributed by atoms with Gasteiger partial charge in [0.05, 0.1) is 35.4 Å². The number of fused-ring (bicyclic) bond motifs is 3. The standard InChI is InChI=1S/C26H24F2N8O2/c1-14(37)35(4)36(13-20-21(27)8-16(9-22(20)28)17-10-30-33(2)12-17)26(38)15-5-6-23-18(7-15)24-19(25(29)32-23)11-31-34(24)3/h5-12H,13H2,1-4H3,(H2,29,32). The molecule has 194 valence electrons. The number of nitrogens with two attached hydrogens (primary N) is 1. The van der Waals surface area contributed by atoms with Crippen LogP contribution in [0, 0.1) is 11.6 Å². The number of pyridine rings is 1. The first-order valence-corrected chi connectivity index (χ1v) is 11.6. The van der Waals surface area contributed by atoms with E-state index < -0.39 is 30.0 Å².